The number of aryl methyl sites for hydroxylation is 2. The Kier molecular flexibility index (Phi) is 7.20. The Morgan fingerprint density at radius 3 is 1.37 bits per heavy atom. The summed E-state index contributed by atoms with van der Waals surface area (Å²) in [7, 11) is 0. The highest BCUT2D eigenvalue weighted by Gasteiger charge is 2.21. The van der Waals surface area contributed by atoms with E-state index in [2.05, 4.69) is 41.5 Å². The number of fused-ring (bicyclic) bond motifs is 1. The number of nitrogens with zero attached hydrogens (tertiary/aromatic N) is 2. The van der Waals surface area contributed by atoms with E-state index >= 15 is 0 Å². The SMILES string of the molecule is Cc1cc(C=Nc2cccc3cccc(N=Cc4cc(C)cc(C(C)(C)C)c4O)c23)c(O)c(C(C)(C)C)c1. The van der Waals surface area contributed by atoms with E-state index in [0.29, 0.717) is 11.1 Å². The molecule has 0 unspecified atom stereocenters. The molecule has 38 heavy (non-hydrogen) atoms. The van der Waals surface area contributed by atoms with Crippen LogP contribution in [-0.4, -0.2) is 22.6 Å². The highest BCUT2D eigenvalue weighted by Crippen LogP contribution is 2.38. The Morgan fingerprint density at radius 2 is 1.00 bits per heavy atom. The Morgan fingerprint density at radius 1 is 0.605 bits per heavy atom. The van der Waals surface area contributed by atoms with E-state index in [1.54, 1.807) is 12.4 Å². The van der Waals surface area contributed by atoms with E-state index in [-0.39, 0.29) is 22.3 Å². The van der Waals surface area contributed by atoms with Crippen LogP contribution < -0.4 is 0 Å². The van der Waals surface area contributed by atoms with E-state index in [1.165, 1.54) is 0 Å². The lowest BCUT2D eigenvalue weighted by Gasteiger charge is -2.22. The topological polar surface area (TPSA) is 65.2 Å². The standard InChI is InChI=1S/C34H38N2O2/c1-21-15-24(31(37)26(17-21)33(3,4)5)19-35-28-13-9-11-23-12-10-14-29(30(23)28)36-20-25-16-22(2)18-27(32(25)38)34(6,7)8/h9-20,37-38H,1-8H3. The van der Waals surface area contributed by atoms with Crippen LogP contribution in [0.3, 0.4) is 0 Å². The van der Waals surface area contributed by atoms with Crippen LogP contribution in [0.1, 0.15) is 74.9 Å². The molecule has 0 aromatic heterocycles. The van der Waals surface area contributed by atoms with Gasteiger partial charge in [-0.25, -0.2) is 0 Å². The van der Waals surface area contributed by atoms with Gasteiger partial charge in [-0.1, -0.05) is 77.9 Å². The minimum absolute atomic E-state index is 0.186. The summed E-state index contributed by atoms with van der Waals surface area (Å²) in [6.45, 7) is 16.6. The summed E-state index contributed by atoms with van der Waals surface area (Å²) in [5.41, 5.74) is 6.47. The predicted octanol–water partition coefficient (Wildman–Crippen LogP) is 8.96. The number of aliphatic imine (C=N–C) groups is 2. The van der Waals surface area contributed by atoms with Gasteiger partial charge in [-0.15, -0.1) is 0 Å². The van der Waals surface area contributed by atoms with Crippen molar-refractivity contribution in [2.45, 2.75) is 66.2 Å². The molecule has 4 heteroatoms. The minimum Gasteiger partial charge on any atom is -0.507 e. The summed E-state index contributed by atoms with van der Waals surface area (Å²) in [6, 6.07) is 19.9. The Hall–Kier alpha value is -3.92. The highest BCUT2D eigenvalue weighted by molar-refractivity contribution is 6.04. The normalized spacial score (nSPS) is 12.7. The van der Waals surface area contributed by atoms with Gasteiger partial charge in [0.25, 0.3) is 0 Å². The zero-order valence-corrected chi connectivity index (χ0v) is 23.7. The molecule has 0 fully saturated rings. The molecule has 0 bridgehead atoms. The summed E-state index contributed by atoms with van der Waals surface area (Å²) >= 11 is 0. The summed E-state index contributed by atoms with van der Waals surface area (Å²) in [5, 5.41) is 23.9. The van der Waals surface area contributed by atoms with Crippen LogP contribution in [0.5, 0.6) is 11.5 Å². The van der Waals surface area contributed by atoms with Crippen LogP contribution >= 0.6 is 0 Å². The summed E-state index contributed by atoms with van der Waals surface area (Å²) in [4.78, 5) is 9.63. The second-order valence-corrected chi connectivity index (χ2v) is 12.2. The van der Waals surface area contributed by atoms with Gasteiger partial charge in [-0.2, -0.15) is 0 Å². The Labute approximate surface area is 226 Å². The van der Waals surface area contributed by atoms with Crippen LogP contribution in [0.25, 0.3) is 10.8 Å². The molecule has 0 spiro atoms. The van der Waals surface area contributed by atoms with Gasteiger partial charge >= 0.3 is 0 Å². The second-order valence-electron chi connectivity index (χ2n) is 12.2. The summed E-state index contributed by atoms with van der Waals surface area (Å²) < 4.78 is 0. The molecular formula is C34H38N2O2. The maximum atomic E-state index is 11.0. The van der Waals surface area contributed by atoms with E-state index in [0.717, 1.165) is 44.4 Å². The number of rotatable bonds is 4. The molecule has 4 nitrogen and oxygen atoms in total. The monoisotopic (exact) mass is 506 g/mol. The summed E-state index contributed by atoms with van der Waals surface area (Å²) in [5.74, 6) is 0.518. The molecule has 0 aliphatic rings. The highest BCUT2D eigenvalue weighted by atomic mass is 16.3. The number of aromatic hydroxyl groups is 2. The van der Waals surface area contributed by atoms with E-state index in [9.17, 15) is 10.2 Å². The fraction of sp³-hybridized carbons (Fsp3) is 0.294. The molecule has 0 aliphatic heterocycles. The van der Waals surface area contributed by atoms with Crippen LogP contribution in [0.15, 0.2) is 70.6 Å². The molecule has 4 rings (SSSR count). The molecule has 0 aliphatic carbocycles. The van der Waals surface area contributed by atoms with E-state index < -0.39 is 0 Å². The van der Waals surface area contributed by atoms with Crippen molar-refractivity contribution in [3.8, 4) is 11.5 Å². The number of benzene rings is 4. The number of hydrogen-bond donors (Lipinski definition) is 2. The van der Waals surface area contributed by atoms with Crippen LogP contribution in [0.4, 0.5) is 11.4 Å². The first kappa shape index (κ1) is 27.1. The van der Waals surface area contributed by atoms with Gasteiger partial charge in [-0.05, 0) is 65.5 Å². The van der Waals surface area contributed by atoms with Crippen molar-refractivity contribution in [2.24, 2.45) is 9.98 Å². The van der Waals surface area contributed by atoms with Gasteiger partial charge in [0.1, 0.15) is 11.5 Å². The van der Waals surface area contributed by atoms with Gasteiger partial charge in [-0.3, -0.25) is 9.98 Å². The molecule has 0 radical (unpaired) electrons. The molecular weight excluding hydrogens is 468 g/mol. The molecule has 196 valence electrons. The lowest BCUT2D eigenvalue weighted by molar-refractivity contribution is 0.445. The van der Waals surface area contributed by atoms with Crippen molar-refractivity contribution in [2.75, 3.05) is 0 Å². The van der Waals surface area contributed by atoms with E-state index in [4.69, 9.17) is 9.98 Å². The van der Waals surface area contributed by atoms with Crippen molar-refractivity contribution in [3.63, 3.8) is 0 Å². The Bertz CT molecular complexity index is 1450. The van der Waals surface area contributed by atoms with Crippen LogP contribution in [0, 0.1) is 13.8 Å². The molecule has 0 saturated heterocycles. The van der Waals surface area contributed by atoms with Crippen molar-refractivity contribution in [1.29, 1.82) is 0 Å². The third kappa shape index (κ3) is 5.65. The van der Waals surface area contributed by atoms with Crippen LogP contribution in [-0.2, 0) is 10.8 Å². The molecule has 2 N–H and O–H groups in total. The molecule has 0 saturated carbocycles. The molecule has 4 aromatic rings. The maximum absolute atomic E-state index is 11.0. The molecule has 0 amide bonds. The first-order valence-electron chi connectivity index (χ1n) is 13.0. The van der Waals surface area contributed by atoms with Crippen LogP contribution in [0.2, 0.25) is 0 Å². The quantitative estimate of drug-likeness (QED) is 0.271. The van der Waals surface area contributed by atoms with Gasteiger partial charge in [0.2, 0.25) is 0 Å². The smallest absolute Gasteiger partial charge is 0.128 e. The number of phenolic OH excluding ortho intramolecular Hbond substituents is 2. The second kappa shape index (κ2) is 10.1. The zero-order chi connectivity index (χ0) is 27.8. The van der Waals surface area contributed by atoms with Crippen molar-refractivity contribution in [1.82, 2.24) is 0 Å². The number of hydrogen-bond acceptors (Lipinski definition) is 4. The van der Waals surface area contributed by atoms with Gasteiger partial charge in [0.05, 0.1) is 11.4 Å². The molecule has 0 atom stereocenters. The third-order valence-corrected chi connectivity index (χ3v) is 6.73. The van der Waals surface area contributed by atoms with E-state index in [1.807, 2.05) is 74.5 Å². The predicted molar refractivity (Wildman–Crippen MR) is 162 cm³/mol. The fourth-order valence-electron chi connectivity index (χ4n) is 4.75. The first-order valence-corrected chi connectivity index (χ1v) is 13.0. The summed E-state index contributed by atoms with van der Waals surface area (Å²) in [6.07, 6.45) is 3.46. The lowest BCUT2D eigenvalue weighted by atomic mass is 9.84. The molecule has 0 heterocycles. The number of phenols is 2. The average molecular weight is 507 g/mol. The minimum atomic E-state index is -0.186. The fourth-order valence-corrected chi connectivity index (χ4v) is 4.75. The largest absolute Gasteiger partial charge is 0.507 e. The lowest BCUT2D eigenvalue weighted by Crippen LogP contribution is -2.12. The van der Waals surface area contributed by atoms with Gasteiger partial charge in [0, 0.05) is 40.1 Å². The van der Waals surface area contributed by atoms with Crippen molar-refractivity contribution >= 4 is 34.6 Å². The average Bonchev–Trinajstić information content (AvgIpc) is 2.83. The Balaban J connectivity index is 1.81. The first-order chi connectivity index (χ1) is 17.8. The van der Waals surface area contributed by atoms with Crippen molar-refractivity contribution < 1.29 is 10.2 Å². The third-order valence-electron chi connectivity index (χ3n) is 6.73. The maximum Gasteiger partial charge on any atom is 0.128 e. The van der Waals surface area contributed by atoms with Crippen molar-refractivity contribution in [3.05, 3.63) is 94.0 Å². The zero-order valence-electron chi connectivity index (χ0n) is 23.7. The molecule has 4 aromatic carbocycles. The van der Waals surface area contributed by atoms with Gasteiger partial charge < -0.3 is 10.2 Å². The van der Waals surface area contributed by atoms with Gasteiger partial charge in [0.15, 0.2) is 0 Å².